The van der Waals surface area contributed by atoms with Crippen LogP contribution in [0.25, 0.3) is 0 Å². The SMILES string of the molecule is O=C([O-])O.O=P([O-])([O-])[O-].[Ca+2].[Ca+2].[Cl-].[Na+]. The van der Waals surface area contributed by atoms with Crippen LogP contribution in [-0.4, -0.2) is 86.7 Å². The first-order chi connectivity index (χ1) is 3.73. The zero-order chi connectivity index (χ0) is 8.08. The standard InChI is InChI=1S/CH2O3.2Ca.ClH.Na.H3O4P/c2-1(3)4;;;;;1-5(2,3)4/h(H2,2,3,4);;;1H;;(H3,1,2,3,4)/q;2*+2;;+1;/p-5. The number of rotatable bonds is 0. The van der Waals surface area contributed by atoms with Gasteiger partial charge in [-0.1, -0.05) is 0 Å². The number of carbonyl (C=O) groups is 1. The van der Waals surface area contributed by atoms with Gasteiger partial charge in [-0.3, -0.25) is 0 Å². The van der Waals surface area contributed by atoms with E-state index in [2.05, 4.69) is 0 Å². The molecule has 0 aromatic carbocycles. The van der Waals surface area contributed by atoms with Gasteiger partial charge in [-0.25, -0.2) is 0 Å². The Morgan fingerprint density at radius 3 is 1.15 bits per heavy atom. The minimum Gasteiger partial charge on any atom is -1.00 e. The smallest absolute Gasteiger partial charge is 1.00 e. The van der Waals surface area contributed by atoms with Gasteiger partial charge in [0.25, 0.3) is 0 Å². The molecule has 64 valence electrons. The van der Waals surface area contributed by atoms with E-state index in [0.29, 0.717) is 0 Å². The second-order valence-electron chi connectivity index (χ2n) is 0.713. The Kier molecular flexibility index (Phi) is 57.0. The number of hydrogen-bond acceptors (Lipinski definition) is 6. The molecule has 0 amide bonds. The van der Waals surface area contributed by atoms with E-state index in [4.69, 9.17) is 34.3 Å². The predicted octanol–water partition coefficient (Wildman–Crippen LogP) is -10.7. The molecule has 12 heteroatoms. The molecule has 0 aliphatic carbocycles. The average molecular weight is 295 g/mol. The molecule has 0 aliphatic rings. The van der Waals surface area contributed by atoms with Crippen molar-refractivity contribution in [3.05, 3.63) is 0 Å². The van der Waals surface area contributed by atoms with Crippen molar-refractivity contribution in [3.63, 3.8) is 0 Å². The number of phosphoric acid groups is 1. The largest absolute Gasteiger partial charge is 2.00 e. The van der Waals surface area contributed by atoms with Crippen LogP contribution in [0.15, 0.2) is 0 Å². The van der Waals surface area contributed by atoms with Crippen molar-refractivity contribution in [2.24, 2.45) is 0 Å². The maximum atomic E-state index is 8.55. The van der Waals surface area contributed by atoms with Crippen LogP contribution < -0.4 is 61.8 Å². The summed E-state index contributed by atoms with van der Waals surface area (Å²) in [5, 5.41) is 15.3. The first-order valence-electron chi connectivity index (χ1n) is 1.36. The second-order valence-corrected chi connectivity index (χ2v) is 1.61. The first-order valence-corrected chi connectivity index (χ1v) is 2.82. The number of carboxylic acid groups (broad SMARTS) is 2. The Morgan fingerprint density at radius 1 is 1.15 bits per heavy atom. The van der Waals surface area contributed by atoms with Gasteiger partial charge in [-0.05, 0) is 0 Å². The zero-order valence-corrected chi connectivity index (χ0v) is 14.7. The van der Waals surface area contributed by atoms with Crippen LogP contribution in [0.4, 0.5) is 4.79 Å². The van der Waals surface area contributed by atoms with E-state index in [9.17, 15) is 0 Å². The molecule has 0 spiro atoms. The van der Waals surface area contributed by atoms with Crippen LogP contribution in [0, 0.1) is 0 Å². The van der Waals surface area contributed by atoms with Crippen molar-refractivity contribution < 1.29 is 76.2 Å². The fourth-order valence-electron chi connectivity index (χ4n) is 0. The third-order valence-corrected chi connectivity index (χ3v) is 0. The Morgan fingerprint density at radius 2 is 1.15 bits per heavy atom. The monoisotopic (exact) mass is 294 g/mol. The van der Waals surface area contributed by atoms with Gasteiger partial charge in [-0.15, -0.1) is 0 Å². The van der Waals surface area contributed by atoms with E-state index >= 15 is 0 Å². The van der Waals surface area contributed by atoms with Crippen LogP contribution in [0.1, 0.15) is 0 Å². The Labute approximate surface area is 162 Å². The summed E-state index contributed by atoms with van der Waals surface area (Å²) in [6.07, 6.45) is -2.08. The molecule has 0 radical (unpaired) electrons. The topological polar surface area (TPSA) is 147 Å². The second kappa shape index (κ2) is 20.6. The number of halogens is 1. The van der Waals surface area contributed by atoms with E-state index in [1.165, 1.54) is 0 Å². The van der Waals surface area contributed by atoms with Crippen molar-refractivity contribution in [1.29, 1.82) is 0 Å². The molecule has 0 atom stereocenters. The summed E-state index contributed by atoms with van der Waals surface area (Å²) in [7, 11) is -5.39. The summed E-state index contributed by atoms with van der Waals surface area (Å²) < 4.78 is 8.55. The van der Waals surface area contributed by atoms with Gasteiger partial charge in [-0.2, -0.15) is 7.82 Å². The van der Waals surface area contributed by atoms with Crippen LogP contribution in [-0.2, 0) is 4.57 Å². The van der Waals surface area contributed by atoms with Crippen LogP contribution in [0.5, 0.6) is 0 Å². The van der Waals surface area contributed by atoms with Crippen LogP contribution >= 0.6 is 7.82 Å². The summed E-state index contributed by atoms with van der Waals surface area (Å²) in [6.45, 7) is 0. The van der Waals surface area contributed by atoms with Gasteiger partial charge < -0.3 is 46.7 Å². The number of hydrogen-bond donors (Lipinski definition) is 1. The predicted molar refractivity (Wildman–Crippen MR) is 27.1 cm³/mol. The molecule has 0 aromatic heterocycles. The Hall–Kier alpha value is 3.19. The van der Waals surface area contributed by atoms with Crippen LogP contribution in [0.3, 0.4) is 0 Å². The molecule has 0 rings (SSSR count). The van der Waals surface area contributed by atoms with Crippen molar-refractivity contribution in [2.45, 2.75) is 0 Å². The van der Waals surface area contributed by atoms with Crippen molar-refractivity contribution in [1.82, 2.24) is 0 Å². The Bertz CT molecular complexity index is 126. The summed E-state index contributed by atoms with van der Waals surface area (Å²) in [6, 6.07) is 0. The molecule has 0 fully saturated rings. The normalized spacial score (nSPS) is 6.38. The van der Waals surface area contributed by atoms with Gasteiger partial charge in [0.15, 0.2) is 0 Å². The fraction of sp³-hybridized carbons (Fsp3) is 0. The molecular weight excluding hydrogens is 294 g/mol. The third kappa shape index (κ3) is 260. The summed E-state index contributed by atoms with van der Waals surface area (Å²) in [5.41, 5.74) is 0. The minimum atomic E-state index is -5.39. The Balaban J connectivity index is -0.0000000146. The molecule has 0 heterocycles. The van der Waals surface area contributed by atoms with E-state index in [1.807, 2.05) is 0 Å². The van der Waals surface area contributed by atoms with E-state index < -0.39 is 14.0 Å². The van der Waals surface area contributed by atoms with Crippen molar-refractivity contribution >= 4 is 89.5 Å². The molecule has 0 aliphatic heterocycles. The quantitative estimate of drug-likeness (QED) is 0.344. The molecule has 0 unspecified atom stereocenters. The van der Waals surface area contributed by atoms with Gasteiger partial charge in [0.1, 0.15) is 0 Å². The summed E-state index contributed by atoms with van der Waals surface area (Å²) >= 11 is 0. The maximum absolute atomic E-state index is 8.55. The van der Waals surface area contributed by atoms with Gasteiger partial charge in [0.05, 0.1) is 0 Å². The molecule has 0 saturated carbocycles. The molecule has 0 aromatic rings. The summed E-state index contributed by atoms with van der Waals surface area (Å²) in [4.78, 5) is 34.1. The molecule has 7 nitrogen and oxygen atoms in total. The minimum absolute atomic E-state index is 0. The summed E-state index contributed by atoms with van der Waals surface area (Å²) in [5.74, 6) is 0. The van der Waals surface area contributed by atoms with Crippen molar-refractivity contribution in [3.8, 4) is 0 Å². The molecular formula is CHCa2ClNaO7P. The molecule has 1 N–H and O–H groups in total. The van der Waals surface area contributed by atoms with Gasteiger partial charge >= 0.3 is 105 Å². The average Bonchev–Trinajstić information content (AvgIpc) is 1.19. The van der Waals surface area contributed by atoms with E-state index in [-0.39, 0.29) is 117 Å². The van der Waals surface area contributed by atoms with Gasteiger partial charge in [0, 0.05) is 0 Å². The third-order valence-electron chi connectivity index (χ3n) is 0. The molecule has 0 saturated heterocycles. The van der Waals surface area contributed by atoms with Crippen molar-refractivity contribution in [2.75, 3.05) is 0 Å². The van der Waals surface area contributed by atoms with E-state index in [0.717, 1.165) is 0 Å². The fourth-order valence-corrected chi connectivity index (χ4v) is 0. The van der Waals surface area contributed by atoms with Crippen LogP contribution in [0.2, 0.25) is 0 Å². The molecule has 13 heavy (non-hydrogen) atoms. The maximum Gasteiger partial charge on any atom is 2.00 e. The van der Waals surface area contributed by atoms with Gasteiger partial charge in [0.2, 0.25) is 6.16 Å². The van der Waals surface area contributed by atoms with E-state index in [1.54, 1.807) is 0 Å². The molecule has 0 bridgehead atoms. The first kappa shape index (κ1) is 36.0. The zero-order valence-electron chi connectivity index (χ0n) is 6.64.